The molecular formula is C16H18N4O. The van der Waals surface area contributed by atoms with Gasteiger partial charge in [0.15, 0.2) is 0 Å². The van der Waals surface area contributed by atoms with Gasteiger partial charge in [-0.15, -0.1) is 0 Å². The summed E-state index contributed by atoms with van der Waals surface area (Å²) in [7, 11) is 2.09. The van der Waals surface area contributed by atoms with E-state index < -0.39 is 0 Å². The van der Waals surface area contributed by atoms with E-state index in [2.05, 4.69) is 28.3 Å². The molecule has 0 spiro atoms. The van der Waals surface area contributed by atoms with E-state index in [9.17, 15) is 5.26 Å². The molecule has 0 saturated carbocycles. The Hall–Kier alpha value is -2.16. The normalized spacial score (nSPS) is 19.3. The first-order valence-corrected chi connectivity index (χ1v) is 7.10. The molecule has 1 unspecified atom stereocenters. The minimum absolute atomic E-state index is 0.155. The molecule has 1 aromatic heterocycles. The number of rotatable bonds is 3. The monoisotopic (exact) mass is 282 g/mol. The lowest BCUT2D eigenvalue weighted by atomic mass is 10.1. The zero-order valence-electron chi connectivity index (χ0n) is 12.0. The van der Waals surface area contributed by atoms with Crippen molar-refractivity contribution < 1.29 is 4.74 Å². The number of anilines is 1. The number of hydrogen-bond acceptors (Lipinski definition) is 5. The van der Waals surface area contributed by atoms with Gasteiger partial charge in [-0.3, -0.25) is 0 Å². The van der Waals surface area contributed by atoms with Crippen LogP contribution in [-0.4, -0.2) is 49.3 Å². The second kappa shape index (κ2) is 6.08. The number of pyridine rings is 1. The summed E-state index contributed by atoms with van der Waals surface area (Å²) in [6.45, 7) is 3.34. The summed E-state index contributed by atoms with van der Waals surface area (Å²) in [6.07, 6.45) is 0.155. The zero-order chi connectivity index (χ0) is 14.7. The quantitative estimate of drug-likeness (QED) is 0.931. The zero-order valence-corrected chi connectivity index (χ0v) is 12.0. The van der Waals surface area contributed by atoms with Crippen molar-refractivity contribution in [1.29, 1.82) is 5.26 Å². The number of fused-ring (bicyclic) bond motifs is 1. The molecule has 1 aliphatic heterocycles. The van der Waals surface area contributed by atoms with Gasteiger partial charge < -0.3 is 15.0 Å². The fourth-order valence-corrected chi connectivity index (χ4v) is 2.57. The van der Waals surface area contributed by atoms with E-state index in [0.717, 1.165) is 36.4 Å². The number of nitrogens with one attached hydrogen (secondary N) is 1. The molecular weight excluding hydrogens is 264 g/mol. The summed E-state index contributed by atoms with van der Waals surface area (Å²) in [5.74, 6) is 0.724. The van der Waals surface area contributed by atoms with Crippen LogP contribution in [0.4, 0.5) is 5.82 Å². The molecule has 0 aliphatic carbocycles. The van der Waals surface area contributed by atoms with E-state index in [4.69, 9.17) is 4.74 Å². The Labute approximate surface area is 124 Å². The molecule has 1 aliphatic rings. The van der Waals surface area contributed by atoms with Gasteiger partial charge in [0, 0.05) is 25.0 Å². The second-order valence-corrected chi connectivity index (χ2v) is 5.32. The molecule has 0 radical (unpaired) electrons. The van der Waals surface area contributed by atoms with Crippen molar-refractivity contribution in [3.63, 3.8) is 0 Å². The van der Waals surface area contributed by atoms with Crippen LogP contribution in [-0.2, 0) is 4.74 Å². The van der Waals surface area contributed by atoms with E-state index in [1.54, 1.807) is 6.07 Å². The average molecular weight is 282 g/mol. The van der Waals surface area contributed by atoms with Crippen LogP contribution >= 0.6 is 0 Å². The van der Waals surface area contributed by atoms with Crippen LogP contribution in [0.5, 0.6) is 0 Å². The largest absolute Gasteiger partial charge is 0.374 e. The summed E-state index contributed by atoms with van der Waals surface area (Å²) < 4.78 is 5.72. The maximum absolute atomic E-state index is 9.27. The van der Waals surface area contributed by atoms with Crippen molar-refractivity contribution in [2.45, 2.75) is 6.10 Å². The summed E-state index contributed by atoms with van der Waals surface area (Å²) in [6, 6.07) is 11.7. The van der Waals surface area contributed by atoms with Crippen molar-refractivity contribution >= 4 is 16.7 Å². The van der Waals surface area contributed by atoms with Gasteiger partial charge in [-0.1, -0.05) is 18.2 Å². The molecule has 1 N–H and O–H groups in total. The first kappa shape index (κ1) is 13.8. The SMILES string of the molecule is CN1CCOC(CNc2cc(C#N)c3ccccc3n2)C1. The third-order valence-electron chi connectivity index (χ3n) is 3.69. The summed E-state index contributed by atoms with van der Waals surface area (Å²) in [5, 5.41) is 13.5. The van der Waals surface area contributed by atoms with Gasteiger partial charge in [-0.25, -0.2) is 4.98 Å². The predicted molar refractivity (Wildman–Crippen MR) is 82.2 cm³/mol. The Balaban J connectivity index is 1.76. The highest BCUT2D eigenvalue weighted by molar-refractivity contribution is 5.86. The van der Waals surface area contributed by atoms with Crippen molar-refractivity contribution in [2.24, 2.45) is 0 Å². The molecule has 1 atom stereocenters. The molecule has 0 bridgehead atoms. The van der Waals surface area contributed by atoms with E-state index in [1.807, 2.05) is 24.3 Å². The first-order chi connectivity index (χ1) is 10.3. The molecule has 1 aromatic carbocycles. The molecule has 3 rings (SSSR count). The van der Waals surface area contributed by atoms with Crippen LogP contribution in [0.15, 0.2) is 30.3 Å². The Bertz CT molecular complexity index is 680. The highest BCUT2D eigenvalue weighted by Crippen LogP contribution is 2.20. The summed E-state index contributed by atoms with van der Waals surface area (Å²) >= 11 is 0. The first-order valence-electron chi connectivity index (χ1n) is 7.10. The van der Waals surface area contributed by atoms with Gasteiger partial charge >= 0.3 is 0 Å². The number of ether oxygens (including phenoxy) is 1. The second-order valence-electron chi connectivity index (χ2n) is 5.32. The van der Waals surface area contributed by atoms with Crippen LogP contribution in [0.2, 0.25) is 0 Å². The fourth-order valence-electron chi connectivity index (χ4n) is 2.57. The van der Waals surface area contributed by atoms with Gasteiger partial charge in [0.2, 0.25) is 0 Å². The molecule has 0 amide bonds. The maximum Gasteiger partial charge on any atom is 0.128 e. The topological polar surface area (TPSA) is 61.2 Å². The van der Waals surface area contributed by atoms with Crippen molar-refractivity contribution in [1.82, 2.24) is 9.88 Å². The molecule has 1 fully saturated rings. The van der Waals surface area contributed by atoms with Crippen LogP contribution in [0.25, 0.3) is 10.9 Å². The number of para-hydroxylation sites is 1. The number of nitriles is 1. The van der Waals surface area contributed by atoms with Crippen molar-refractivity contribution in [2.75, 3.05) is 38.6 Å². The van der Waals surface area contributed by atoms with E-state index in [-0.39, 0.29) is 6.10 Å². The third kappa shape index (κ3) is 3.13. The van der Waals surface area contributed by atoms with Gasteiger partial charge in [-0.05, 0) is 19.2 Å². The lowest BCUT2D eigenvalue weighted by molar-refractivity contribution is -0.0117. The van der Waals surface area contributed by atoms with Crippen LogP contribution in [0.3, 0.4) is 0 Å². The number of benzene rings is 1. The number of morpholine rings is 1. The third-order valence-corrected chi connectivity index (χ3v) is 3.69. The predicted octanol–water partition coefficient (Wildman–Crippen LogP) is 1.85. The van der Waals surface area contributed by atoms with E-state index >= 15 is 0 Å². The molecule has 5 nitrogen and oxygen atoms in total. The summed E-state index contributed by atoms with van der Waals surface area (Å²) in [4.78, 5) is 6.81. The molecule has 2 heterocycles. The van der Waals surface area contributed by atoms with Gasteiger partial charge in [0.1, 0.15) is 5.82 Å². The number of nitrogens with zero attached hydrogens (tertiary/aromatic N) is 3. The number of aromatic nitrogens is 1. The lowest BCUT2D eigenvalue weighted by Crippen LogP contribution is -2.43. The fraction of sp³-hybridized carbons (Fsp3) is 0.375. The van der Waals surface area contributed by atoms with Gasteiger partial charge in [0.25, 0.3) is 0 Å². The highest BCUT2D eigenvalue weighted by Gasteiger charge is 2.17. The standard InChI is InChI=1S/C16H18N4O/c1-20-6-7-21-13(11-20)10-18-16-8-12(9-17)14-4-2-3-5-15(14)19-16/h2-5,8,13H,6-7,10-11H2,1H3,(H,18,19). The Morgan fingerprint density at radius 3 is 3.14 bits per heavy atom. The Morgan fingerprint density at radius 1 is 1.48 bits per heavy atom. The van der Waals surface area contributed by atoms with Crippen LogP contribution < -0.4 is 5.32 Å². The minimum atomic E-state index is 0.155. The van der Waals surface area contributed by atoms with Crippen LogP contribution in [0.1, 0.15) is 5.56 Å². The molecule has 108 valence electrons. The smallest absolute Gasteiger partial charge is 0.128 e. The molecule has 1 saturated heterocycles. The molecule has 5 heteroatoms. The van der Waals surface area contributed by atoms with Crippen molar-refractivity contribution in [3.05, 3.63) is 35.9 Å². The number of hydrogen-bond donors (Lipinski definition) is 1. The lowest BCUT2D eigenvalue weighted by Gasteiger charge is -2.30. The van der Waals surface area contributed by atoms with E-state index in [0.29, 0.717) is 12.1 Å². The van der Waals surface area contributed by atoms with Crippen LogP contribution in [0, 0.1) is 11.3 Å². The average Bonchev–Trinajstić information content (AvgIpc) is 2.52. The molecule has 21 heavy (non-hydrogen) atoms. The maximum atomic E-state index is 9.27. The number of likely N-dealkylation sites (N-methyl/N-ethyl adjacent to an activating group) is 1. The molecule has 2 aromatic rings. The minimum Gasteiger partial charge on any atom is -0.374 e. The summed E-state index contributed by atoms with van der Waals surface area (Å²) in [5.41, 5.74) is 1.48. The van der Waals surface area contributed by atoms with Crippen molar-refractivity contribution in [3.8, 4) is 6.07 Å². The van der Waals surface area contributed by atoms with Gasteiger partial charge in [0.05, 0.1) is 29.9 Å². The highest BCUT2D eigenvalue weighted by atomic mass is 16.5. The Kier molecular flexibility index (Phi) is 4.00. The Morgan fingerprint density at radius 2 is 2.33 bits per heavy atom. The van der Waals surface area contributed by atoms with Gasteiger partial charge in [-0.2, -0.15) is 5.26 Å². The van der Waals surface area contributed by atoms with E-state index in [1.165, 1.54) is 0 Å².